The van der Waals surface area contributed by atoms with Gasteiger partial charge in [-0.3, -0.25) is 4.98 Å². The number of anilines is 2. The molecule has 0 aliphatic carbocycles. The standard InChI is InChI=1S/C18H13N5/c1-2-8-14-13(7-1)17(22-16-10-4-6-12-20-16)23-18(21-14)15-9-3-5-11-19-15/h1-12H,(H,20,21,22,23). The van der Waals surface area contributed by atoms with E-state index in [4.69, 9.17) is 0 Å². The van der Waals surface area contributed by atoms with Crippen LogP contribution in [-0.2, 0) is 0 Å². The lowest BCUT2D eigenvalue weighted by atomic mass is 10.2. The van der Waals surface area contributed by atoms with Crippen LogP contribution in [0.2, 0.25) is 0 Å². The van der Waals surface area contributed by atoms with Gasteiger partial charge in [0.15, 0.2) is 5.82 Å². The van der Waals surface area contributed by atoms with E-state index in [-0.39, 0.29) is 0 Å². The lowest BCUT2D eigenvalue weighted by Gasteiger charge is -2.10. The van der Waals surface area contributed by atoms with E-state index in [0.717, 1.165) is 28.2 Å². The average Bonchev–Trinajstić information content (AvgIpc) is 2.63. The molecule has 0 saturated heterocycles. The topological polar surface area (TPSA) is 63.6 Å². The Morgan fingerprint density at radius 1 is 0.696 bits per heavy atom. The fourth-order valence-electron chi connectivity index (χ4n) is 2.34. The Labute approximate surface area is 133 Å². The maximum atomic E-state index is 4.64. The molecule has 0 aliphatic heterocycles. The third-order valence-electron chi connectivity index (χ3n) is 3.41. The second kappa shape index (κ2) is 5.81. The van der Waals surface area contributed by atoms with Crippen LogP contribution in [0, 0.1) is 0 Å². The molecule has 0 bridgehead atoms. The van der Waals surface area contributed by atoms with Crippen LogP contribution in [0.25, 0.3) is 22.4 Å². The van der Waals surface area contributed by atoms with Crippen molar-refractivity contribution in [2.45, 2.75) is 0 Å². The first-order valence-electron chi connectivity index (χ1n) is 7.26. The molecule has 5 nitrogen and oxygen atoms in total. The molecule has 3 aromatic heterocycles. The van der Waals surface area contributed by atoms with Gasteiger partial charge >= 0.3 is 0 Å². The molecule has 0 radical (unpaired) electrons. The van der Waals surface area contributed by atoms with Gasteiger partial charge in [-0.2, -0.15) is 0 Å². The Hall–Kier alpha value is -3.34. The number of nitrogens with one attached hydrogen (secondary N) is 1. The monoisotopic (exact) mass is 299 g/mol. The molecule has 0 aliphatic rings. The van der Waals surface area contributed by atoms with Crippen molar-refractivity contribution in [2.75, 3.05) is 5.32 Å². The van der Waals surface area contributed by atoms with Gasteiger partial charge < -0.3 is 5.32 Å². The predicted octanol–water partition coefficient (Wildman–Crippen LogP) is 3.83. The zero-order valence-corrected chi connectivity index (χ0v) is 12.2. The lowest BCUT2D eigenvalue weighted by Crippen LogP contribution is -2.01. The molecule has 0 atom stereocenters. The molecule has 0 amide bonds. The van der Waals surface area contributed by atoms with Crippen LogP contribution in [0.15, 0.2) is 73.1 Å². The molecule has 0 fully saturated rings. The number of rotatable bonds is 3. The summed E-state index contributed by atoms with van der Waals surface area (Å²) in [6.45, 7) is 0. The van der Waals surface area contributed by atoms with E-state index >= 15 is 0 Å². The number of benzene rings is 1. The lowest BCUT2D eigenvalue weighted by molar-refractivity contribution is 1.17. The Morgan fingerprint density at radius 3 is 2.26 bits per heavy atom. The molecule has 1 N–H and O–H groups in total. The van der Waals surface area contributed by atoms with Crippen molar-refractivity contribution in [1.29, 1.82) is 0 Å². The summed E-state index contributed by atoms with van der Waals surface area (Å²) in [5, 5.41) is 4.21. The van der Waals surface area contributed by atoms with E-state index in [2.05, 4.69) is 25.3 Å². The highest BCUT2D eigenvalue weighted by Crippen LogP contribution is 2.25. The summed E-state index contributed by atoms with van der Waals surface area (Å²) in [7, 11) is 0. The second-order valence-corrected chi connectivity index (χ2v) is 4.97. The quantitative estimate of drug-likeness (QED) is 0.623. The molecule has 5 heteroatoms. The first-order chi connectivity index (χ1) is 11.4. The Balaban J connectivity index is 1.87. The minimum atomic E-state index is 0.586. The van der Waals surface area contributed by atoms with E-state index in [1.54, 1.807) is 12.4 Å². The number of hydrogen-bond donors (Lipinski definition) is 1. The minimum absolute atomic E-state index is 0.586. The van der Waals surface area contributed by atoms with Crippen LogP contribution in [0.1, 0.15) is 0 Å². The Bertz CT molecular complexity index is 939. The average molecular weight is 299 g/mol. The predicted molar refractivity (Wildman–Crippen MR) is 90.3 cm³/mol. The van der Waals surface area contributed by atoms with Crippen molar-refractivity contribution < 1.29 is 0 Å². The van der Waals surface area contributed by atoms with E-state index in [0.29, 0.717) is 5.82 Å². The van der Waals surface area contributed by atoms with E-state index in [1.165, 1.54) is 0 Å². The summed E-state index contributed by atoms with van der Waals surface area (Å²) in [4.78, 5) is 17.9. The third kappa shape index (κ3) is 2.72. The molecule has 3 heterocycles. The van der Waals surface area contributed by atoms with Gasteiger partial charge in [0.2, 0.25) is 0 Å². The van der Waals surface area contributed by atoms with Gasteiger partial charge in [-0.1, -0.05) is 24.3 Å². The molecule has 4 rings (SSSR count). The summed E-state index contributed by atoms with van der Waals surface area (Å²) >= 11 is 0. The van der Waals surface area contributed by atoms with Gasteiger partial charge in [-0.25, -0.2) is 15.0 Å². The van der Waals surface area contributed by atoms with Crippen molar-refractivity contribution in [3.63, 3.8) is 0 Å². The van der Waals surface area contributed by atoms with Crippen LogP contribution < -0.4 is 5.32 Å². The zero-order valence-electron chi connectivity index (χ0n) is 12.2. The van der Waals surface area contributed by atoms with Gasteiger partial charge in [0, 0.05) is 17.8 Å². The highest BCUT2D eigenvalue weighted by molar-refractivity contribution is 5.91. The van der Waals surface area contributed by atoms with Gasteiger partial charge in [-0.05, 0) is 36.4 Å². The SMILES string of the molecule is c1ccc(Nc2nc(-c3ccccn3)nc3ccccc23)nc1. The van der Waals surface area contributed by atoms with Crippen LogP contribution in [0.3, 0.4) is 0 Å². The molecule has 0 saturated carbocycles. The zero-order chi connectivity index (χ0) is 15.5. The van der Waals surface area contributed by atoms with Crippen molar-refractivity contribution >= 4 is 22.5 Å². The highest BCUT2D eigenvalue weighted by atomic mass is 15.1. The molecule has 0 spiro atoms. The number of nitrogens with zero attached hydrogens (tertiary/aromatic N) is 4. The van der Waals surface area contributed by atoms with Gasteiger partial charge in [0.05, 0.1) is 5.52 Å². The van der Waals surface area contributed by atoms with Crippen molar-refractivity contribution in [1.82, 2.24) is 19.9 Å². The van der Waals surface area contributed by atoms with Crippen LogP contribution in [-0.4, -0.2) is 19.9 Å². The molecule has 4 aromatic rings. The first-order valence-corrected chi connectivity index (χ1v) is 7.26. The smallest absolute Gasteiger partial charge is 0.180 e. The number of aromatic nitrogens is 4. The summed E-state index contributed by atoms with van der Waals surface area (Å²) in [6.07, 6.45) is 3.48. The largest absolute Gasteiger partial charge is 0.324 e. The van der Waals surface area contributed by atoms with Crippen LogP contribution >= 0.6 is 0 Å². The number of fused-ring (bicyclic) bond motifs is 1. The molecule has 0 unspecified atom stereocenters. The Kier molecular flexibility index (Phi) is 3.37. The highest BCUT2D eigenvalue weighted by Gasteiger charge is 2.10. The van der Waals surface area contributed by atoms with E-state index in [9.17, 15) is 0 Å². The van der Waals surface area contributed by atoms with Gasteiger partial charge in [0.1, 0.15) is 17.3 Å². The van der Waals surface area contributed by atoms with Crippen molar-refractivity contribution in [2.24, 2.45) is 0 Å². The fourth-order valence-corrected chi connectivity index (χ4v) is 2.34. The first kappa shape index (κ1) is 13.3. The van der Waals surface area contributed by atoms with Crippen LogP contribution in [0.4, 0.5) is 11.6 Å². The number of para-hydroxylation sites is 1. The van der Waals surface area contributed by atoms with Gasteiger partial charge in [-0.15, -0.1) is 0 Å². The number of pyridine rings is 2. The van der Waals surface area contributed by atoms with E-state index in [1.807, 2.05) is 60.7 Å². The van der Waals surface area contributed by atoms with Crippen LogP contribution in [0.5, 0.6) is 0 Å². The normalized spacial score (nSPS) is 10.6. The summed E-state index contributed by atoms with van der Waals surface area (Å²) in [5.41, 5.74) is 1.60. The third-order valence-corrected chi connectivity index (χ3v) is 3.41. The van der Waals surface area contributed by atoms with Crippen molar-refractivity contribution in [3.05, 3.63) is 73.1 Å². The maximum absolute atomic E-state index is 4.64. The molecule has 1 aromatic carbocycles. The fraction of sp³-hybridized carbons (Fsp3) is 0. The van der Waals surface area contributed by atoms with E-state index < -0.39 is 0 Å². The molecule has 110 valence electrons. The minimum Gasteiger partial charge on any atom is -0.324 e. The number of hydrogen-bond acceptors (Lipinski definition) is 5. The summed E-state index contributed by atoms with van der Waals surface area (Å²) in [5.74, 6) is 2.04. The maximum Gasteiger partial charge on any atom is 0.180 e. The summed E-state index contributed by atoms with van der Waals surface area (Å²) in [6, 6.07) is 19.3. The van der Waals surface area contributed by atoms with Gasteiger partial charge in [0.25, 0.3) is 0 Å². The molecular formula is C18H13N5. The Morgan fingerprint density at radius 2 is 1.48 bits per heavy atom. The molecular weight excluding hydrogens is 286 g/mol. The van der Waals surface area contributed by atoms with Crippen molar-refractivity contribution in [3.8, 4) is 11.5 Å². The molecule has 23 heavy (non-hydrogen) atoms. The summed E-state index contributed by atoms with van der Waals surface area (Å²) < 4.78 is 0. The second-order valence-electron chi connectivity index (χ2n) is 4.97.